The van der Waals surface area contributed by atoms with Crippen LogP contribution in [-0.2, 0) is 92.7 Å². The smallest absolute Gasteiger partial charge is 0.246 e. The number of amides is 12. The molecule has 14 rings (SSSR count). The summed E-state index contributed by atoms with van der Waals surface area (Å²) in [6, 6.07) is 35.5. The first-order valence-electron chi connectivity index (χ1n) is 46.0. The second-order valence-electron chi connectivity index (χ2n) is 34.1. The number of hydrogen-bond donors (Lipinski definition) is 17. The number of benzene rings is 6. The lowest BCUT2D eigenvalue weighted by Gasteiger charge is -2.27. The Bertz CT molecular complexity index is 6740. The summed E-state index contributed by atoms with van der Waals surface area (Å²) in [6.45, 7) is 6.04. The third-order valence-corrected chi connectivity index (χ3v) is 24.3. The van der Waals surface area contributed by atoms with Crippen molar-refractivity contribution < 1.29 is 72.1 Å². The Morgan fingerprint density at radius 3 is 1.63 bits per heavy atom. The lowest BCUT2D eigenvalue weighted by Crippen LogP contribution is -2.59. The molecule has 0 saturated carbocycles. The summed E-state index contributed by atoms with van der Waals surface area (Å²) in [5.41, 5.74) is 19.7. The molecule has 0 radical (unpaired) electrons. The number of unbranched alkanes of at least 4 members (excludes halogenated alkanes) is 3. The monoisotopic (exact) mass is 1900 g/mol. The highest BCUT2D eigenvalue weighted by Gasteiger charge is 2.36. The van der Waals surface area contributed by atoms with E-state index in [2.05, 4.69) is 89.9 Å². The van der Waals surface area contributed by atoms with Gasteiger partial charge in [-0.2, -0.15) is 0 Å². The number of phenolic OH excluding ortho intramolecular Hbond substituents is 1. The van der Waals surface area contributed by atoms with Gasteiger partial charge in [0.05, 0.1) is 26.1 Å². The quantitative estimate of drug-likeness (QED) is 0.0137. The zero-order chi connectivity index (χ0) is 98.0. The number of fused-ring (bicyclic) bond motifs is 21. The molecule has 8 heterocycles. The minimum Gasteiger partial charge on any atom is -0.508 e. The summed E-state index contributed by atoms with van der Waals surface area (Å²) in [5.74, 6) is -0.981. The van der Waals surface area contributed by atoms with E-state index in [9.17, 15) is 62.6 Å². The summed E-state index contributed by atoms with van der Waals surface area (Å²) < 4.78 is 11.3. The summed E-state index contributed by atoms with van der Waals surface area (Å²) in [4.78, 5) is 213. The van der Waals surface area contributed by atoms with Gasteiger partial charge in [-0.15, -0.1) is 11.3 Å². The molecule has 0 saturated heterocycles. The molecule has 8 bridgehead atoms. The van der Waals surface area contributed by atoms with Crippen LogP contribution >= 0.6 is 11.3 Å². The number of phenols is 1. The summed E-state index contributed by atoms with van der Waals surface area (Å²) in [6.07, 6.45) is 6.54. The molecule has 6 aromatic carbocycles. The first-order valence-corrected chi connectivity index (χ1v) is 46.9. The Hall–Kier alpha value is -16.0. The van der Waals surface area contributed by atoms with E-state index < -0.39 is 132 Å². The summed E-state index contributed by atoms with van der Waals surface area (Å²) >= 11 is 1.35. The fourth-order valence-corrected chi connectivity index (χ4v) is 16.8. The average Bonchev–Trinajstić information content (AvgIpc) is 1.60. The zero-order valence-electron chi connectivity index (χ0n) is 76.9. The third kappa shape index (κ3) is 26.6. The maximum atomic E-state index is 14.8. The fourth-order valence-electron chi connectivity index (χ4n) is 16.0. The number of aromatic nitrogens is 11. The lowest BCUT2D eigenvalue weighted by molar-refractivity contribution is -0.135. The number of aromatic hydroxyl groups is 1. The molecule has 8 atom stereocenters. The van der Waals surface area contributed by atoms with Crippen molar-refractivity contribution in [1.82, 2.24) is 108 Å². The van der Waals surface area contributed by atoms with Gasteiger partial charge in [-0.1, -0.05) is 155 Å². The predicted octanol–water partition coefficient (Wildman–Crippen LogP) is 6.87. The zero-order valence-corrected chi connectivity index (χ0v) is 77.8. The summed E-state index contributed by atoms with van der Waals surface area (Å²) in [7, 11) is 0. The normalized spacial score (nSPS) is 13.2. The van der Waals surface area contributed by atoms with E-state index in [1.165, 1.54) is 55.1 Å². The van der Waals surface area contributed by atoms with Gasteiger partial charge in [0, 0.05) is 148 Å². The Morgan fingerprint density at radius 1 is 0.468 bits per heavy atom. The van der Waals surface area contributed by atoms with E-state index in [-0.39, 0.29) is 95.9 Å². The van der Waals surface area contributed by atoms with Crippen LogP contribution in [0.15, 0.2) is 176 Å². The molecule has 39 heteroatoms. The fraction of sp³-hybridized carbons (Fsp3) is 0.330. The molecule has 6 aromatic heterocycles. The van der Waals surface area contributed by atoms with E-state index >= 15 is 0 Å². The number of thiophene rings is 1. The van der Waals surface area contributed by atoms with Crippen molar-refractivity contribution >= 4 is 137 Å². The van der Waals surface area contributed by atoms with Gasteiger partial charge in [0.1, 0.15) is 83.3 Å². The Balaban J connectivity index is 0.542. The van der Waals surface area contributed by atoms with Gasteiger partial charge in [-0.3, -0.25) is 57.5 Å². The van der Waals surface area contributed by atoms with Crippen LogP contribution in [0, 0.1) is 17.8 Å². The Morgan fingerprint density at radius 2 is 1.03 bits per heavy atom. The SMILES string of the molecule is CCCC[C@H](NC(=O)[C@H](Cc1cccs1)NC(=O)[C@H](Cc1cnc[nH]1)NC(=O)CCNC(=O)[C@@H](NC(=O)[C@H](C)NC(=O)[C@H](Cc1c[nH]c2ccccc12)NC(=O)[C@H](CCC(N)=O)NC(=O)[C@@H](Cc1ccc(O)cc1)NC(=O)COCCOCCNC(=O)CCCCC#Cc1ccc2c(c1)-c1nc-2nc2[nH]c(nc3nc(nc4[nH]c(n1)c1ccccc41)-c1ccccc1-3)c1ccccc21)C(C)C)C(N)=O. The van der Waals surface area contributed by atoms with E-state index in [1.54, 1.807) is 56.4 Å². The number of nitrogens with two attached hydrogens (primary N) is 2. The van der Waals surface area contributed by atoms with Crippen LogP contribution in [0.5, 0.6) is 5.75 Å². The second-order valence-corrected chi connectivity index (χ2v) is 35.1. The standard InChI is InChI=1S/C100H109N23O15S/c1-5-6-29-74(85(102)129)111-99(135)79(51-63-21-19-46-139-63)114-98(134)78(50-61-53-103-55-107-61)109-82(127)40-41-105-100(136)84(56(2)3)115-94(130)57(4)108-96(132)77(49-60-52-106-73-30-18-17-22-64(60)73)113-95(131)75(38-39-80(101)125)112-97(133)76(48-59-32-35-62(124)36-33-59)110-83(128)54-138-45-44-137-43-42-104-81(126)31-10-8-7-9-20-58-34-37-71-72(47-58)93-122-91-70-28-16-15-27-69(70)89(120-91)118-87-66-24-12-11-23-65(66)86(116-87)117-88-67-25-13-14-26-68(67)90(119-88)121-92(71)123-93/h11-19,21-28,30,32-37,46-47,52-53,55-57,74-79,84,106,124H,5-8,10,29,31,38-45,48-51,54H2,1-4H3,(H2,101,125)(H2,102,129)(H,103,107)(H,104,126)(H,105,136)(H,108,132)(H,109,127)(H,110,128)(H,111,135)(H,112,133)(H,113,131)(H,114,134)(H,115,130)(H2,116,117,118,119,120,121,122,123)/t57-,74-,75-,76+,77-,78-,79-,84-/m0/s1. The molecule has 0 fully saturated rings. The number of ether oxygens (including phenoxy) is 2. The lowest BCUT2D eigenvalue weighted by atomic mass is 10.0. The highest BCUT2D eigenvalue weighted by molar-refractivity contribution is 7.09. The number of imidazole rings is 1. The van der Waals surface area contributed by atoms with Gasteiger partial charge in [-0.05, 0) is 97.5 Å². The molecule has 2 aliphatic heterocycles. The van der Waals surface area contributed by atoms with Crippen LogP contribution < -0.4 is 64.6 Å². The van der Waals surface area contributed by atoms with Crippen molar-refractivity contribution in [3.05, 3.63) is 203 Å². The van der Waals surface area contributed by atoms with Crippen LogP contribution in [0.25, 0.3) is 101 Å². The van der Waals surface area contributed by atoms with Crippen molar-refractivity contribution in [1.29, 1.82) is 0 Å². The highest BCUT2D eigenvalue weighted by atomic mass is 32.1. The van der Waals surface area contributed by atoms with Crippen LogP contribution in [0.3, 0.4) is 0 Å². The second kappa shape index (κ2) is 47.5. The van der Waals surface area contributed by atoms with Gasteiger partial charge < -0.3 is 99.2 Å². The largest absolute Gasteiger partial charge is 0.508 e. The van der Waals surface area contributed by atoms with Crippen LogP contribution in [0.4, 0.5) is 0 Å². The molecule has 0 unspecified atom stereocenters. The first-order chi connectivity index (χ1) is 67.3. The van der Waals surface area contributed by atoms with Crippen molar-refractivity contribution in [2.75, 3.05) is 39.5 Å². The van der Waals surface area contributed by atoms with E-state index in [0.29, 0.717) is 99.3 Å². The molecule has 139 heavy (non-hydrogen) atoms. The number of carbonyl (C=O) groups is 12. The first kappa shape index (κ1) is 99.0. The number of carbonyl (C=O) groups excluding carboxylic acids is 12. The molecule has 720 valence electrons. The van der Waals surface area contributed by atoms with E-state index in [1.807, 2.05) is 103 Å². The predicted molar refractivity (Wildman–Crippen MR) is 521 cm³/mol. The third-order valence-electron chi connectivity index (χ3n) is 23.4. The molecular formula is C100H109N23O15S. The number of nitrogens with zero attached hydrogens (tertiary/aromatic N) is 7. The molecular weight excluding hydrogens is 1800 g/mol. The number of nitrogens with one attached hydrogen (secondary N) is 14. The maximum absolute atomic E-state index is 14.8. The van der Waals surface area contributed by atoms with Crippen LogP contribution in [-0.4, -0.2) is 219 Å². The minimum absolute atomic E-state index is 0.0274. The highest BCUT2D eigenvalue weighted by Crippen LogP contribution is 2.38. The number of aromatic amines is 4. The maximum Gasteiger partial charge on any atom is 0.246 e. The molecule has 12 amide bonds. The molecule has 38 nitrogen and oxygen atoms in total. The minimum atomic E-state index is -1.58. The molecule has 19 N–H and O–H groups in total. The number of primary amides is 2. The Kier molecular flexibility index (Phi) is 33.8. The number of H-pyrrole nitrogens is 4. The molecule has 12 aromatic rings. The Labute approximate surface area is 802 Å². The molecule has 0 spiro atoms. The molecule has 0 aliphatic carbocycles. The van der Waals surface area contributed by atoms with Gasteiger partial charge in [0.2, 0.25) is 70.9 Å². The van der Waals surface area contributed by atoms with E-state index in [4.69, 9.17) is 50.8 Å². The van der Waals surface area contributed by atoms with Crippen molar-refractivity contribution in [2.45, 2.75) is 166 Å². The summed E-state index contributed by atoms with van der Waals surface area (Å²) in [5, 5.41) is 43.0. The van der Waals surface area contributed by atoms with Gasteiger partial charge >= 0.3 is 0 Å². The topological polar surface area (TPSA) is 569 Å². The average molecular weight is 1910 g/mol. The number of rotatable bonds is 46. The van der Waals surface area contributed by atoms with Gasteiger partial charge in [0.25, 0.3) is 0 Å². The molecule has 2 aliphatic rings. The van der Waals surface area contributed by atoms with Crippen LogP contribution in [0.2, 0.25) is 0 Å². The number of hydrogen-bond acceptors (Lipinski definition) is 23. The van der Waals surface area contributed by atoms with Crippen LogP contribution in [0.1, 0.15) is 119 Å². The van der Waals surface area contributed by atoms with Gasteiger partial charge in [-0.25, -0.2) is 34.9 Å². The van der Waals surface area contributed by atoms with Crippen molar-refractivity contribution in [3.63, 3.8) is 0 Å². The van der Waals surface area contributed by atoms with Crippen molar-refractivity contribution in [3.8, 4) is 63.1 Å². The van der Waals surface area contributed by atoms with E-state index in [0.717, 1.165) is 60.7 Å². The van der Waals surface area contributed by atoms with Crippen molar-refractivity contribution in [2.24, 2.45) is 17.4 Å². The van der Waals surface area contributed by atoms with Gasteiger partial charge in [0.15, 0.2) is 23.3 Å². The number of para-hydroxylation sites is 1.